The number of hydrogen-bond donors (Lipinski definition) is 0. The van der Waals surface area contributed by atoms with Crippen molar-refractivity contribution >= 4 is 23.1 Å². The average molecular weight is 459 g/mol. The molecule has 0 saturated carbocycles. The van der Waals surface area contributed by atoms with Crippen molar-refractivity contribution in [1.82, 2.24) is 9.88 Å². The topological polar surface area (TPSA) is 60.2 Å². The van der Waals surface area contributed by atoms with Crippen LogP contribution in [-0.4, -0.2) is 41.5 Å². The van der Waals surface area contributed by atoms with Gasteiger partial charge in [-0.3, -0.25) is 4.79 Å². The summed E-state index contributed by atoms with van der Waals surface area (Å²) < 4.78 is 0. The van der Waals surface area contributed by atoms with Crippen molar-refractivity contribution in [3.63, 3.8) is 0 Å². The van der Waals surface area contributed by atoms with Gasteiger partial charge in [0.05, 0.1) is 17.7 Å². The monoisotopic (exact) mass is 458 g/mol. The molecule has 3 heterocycles. The first-order valence-corrected chi connectivity index (χ1v) is 12.3. The number of carbonyl (C=O) groups excluding carboxylic acids is 1. The molecule has 33 heavy (non-hydrogen) atoms. The van der Waals surface area contributed by atoms with Crippen LogP contribution in [-0.2, 0) is 11.2 Å². The Hall–Kier alpha value is -3.17. The first kappa shape index (κ1) is 23.0. The summed E-state index contributed by atoms with van der Waals surface area (Å²) in [7, 11) is 0. The smallest absolute Gasteiger partial charge is 0.228 e. The zero-order valence-electron chi connectivity index (χ0n) is 19.7. The highest BCUT2D eigenvalue weighted by Gasteiger charge is 2.30. The maximum absolute atomic E-state index is 12.9. The van der Waals surface area contributed by atoms with E-state index in [4.69, 9.17) is 4.98 Å². The summed E-state index contributed by atoms with van der Waals surface area (Å²) >= 11 is 1.62. The van der Waals surface area contributed by atoms with Gasteiger partial charge in [-0.1, -0.05) is 49.7 Å². The third kappa shape index (κ3) is 4.94. The Morgan fingerprint density at radius 2 is 2.00 bits per heavy atom. The highest BCUT2D eigenvalue weighted by molar-refractivity contribution is 7.10. The maximum atomic E-state index is 12.9. The van der Waals surface area contributed by atoms with Crippen LogP contribution in [0.25, 0.3) is 11.1 Å². The Kier molecular flexibility index (Phi) is 6.80. The van der Waals surface area contributed by atoms with Crippen molar-refractivity contribution in [3.8, 4) is 17.2 Å². The molecule has 1 atom stereocenters. The number of rotatable bonds is 5. The van der Waals surface area contributed by atoms with Crippen molar-refractivity contribution < 1.29 is 4.79 Å². The summed E-state index contributed by atoms with van der Waals surface area (Å²) in [4.78, 5) is 23.1. The van der Waals surface area contributed by atoms with Crippen molar-refractivity contribution in [1.29, 1.82) is 5.26 Å². The lowest BCUT2D eigenvalue weighted by molar-refractivity contribution is -0.132. The molecule has 2 aromatic heterocycles. The molecule has 5 nitrogen and oxygen atoms in total. The molecule has 0 radical (unpaired) electrons. The van der Waals surface area contributed by atoms with E-state index >= 15 is 0 Å². The second-order valence-corrected chi connectivity index (χ2v) is 10.1. The van der Waals surface area contributed by atoms with E-state index in [2.05, 4.69) is 62.9 Å². The van der Waals surface area contributed by atoms with Crippen LogP contribution in [0.4, 0.5) is 5.82 Å². The molecule has 1 aliphatic heterocycles. The van der Waals surface area contributed by atoms with Crippen molar-refractivity contribution in [2.45, 2.75) is 46.1 Å². The van der Waals surface area contributed by atoms with Crippen LogP contribution in [0.15, 0.2) is 47.8 Å². The van der Waals surface area contributed by atoms with Crippen LogP contribution in [0.2, 0.25) is 0 Å². The summed E-state index contributed by atoms with van der Waals surface area (Å²) in [5.41, 5.74) is 4.88. The predicted octanol–water partition coefficient (Wildman–Crippen LogP) is 5.39. The number of pyridine rings is 1. The lowest BCUT2D eigenvalue weighted by atomic mass is 9.95. The first-order chi connectivity index (χ1) is 15.9. The van der Waals surface area contributed by atoms with E-state index < -0.39 is 0 Å². The van der Waals surface area contributed by atoms with E-state index in [9.17, 15) is 10.1 Å². The Morgan fingerprint density at radius 1 is 1.24 bits per heavy atom. The van der Waals surface area contributed by atoms with Crippen molar-refractivity contribution in [3.05, 3.63) is 69.5 Å². The number of nitrogens with zero attached hydrogens (tertiary/aromatic N) is 4. The minimum Gasteiger partial charge on any atom is -0.352 e. The molecule has 170 valence electrons. The molecule has 3 aromatic rings. The zero-order chi connectivity index (χ0) is 23.5. The van der Waals surface area contributed by atoms with E-state index in [1.165, 1.54) is 5.56 Å². The predicted molar refractivity (Wildman–Crippen MR) is 135 cm³/mol. The van der Waals surface area contributed by atoms with Gasteiger partial charge in [0.2, 0.25) is 5.91 Å². The SMILES string of the molecule is Cc1ccc(-c2cc(C#N)c(N3CCN(C(=O)Cc4cccs4)[C@H](C)C3)nc2C(C)C)cc1. The Morgan fingerprint density at radius 3 is 2.61 bits per heavy atom. The van der Waals surface area contributed by atoms with E-state index in [-0.39, 0.29) is 17.9 Å². The fourth-order valence-corrected chi connectivity index (χ4v) is 5.13. The number of benzene rings is 1. The third-order valence-corrected chi connectivity index (χ3v) is 7.09. The molecule has 1 saturated heterocycles. The fraction of sp³-hybridized carbons (Fsp3) is 0.370. The van der Waals surface area contributed by atoms with Gasteiger partial charge in [-0.05, 0) is 42.8 Å². The van der Waals surface area contributed by atoms with Crippen LogP contribution in [0.1, 0.15) is 48.4 Å². The van der Waals surface area contributed by atoms with E-state index in [0.29, 0.717) is 31.6 Å². The number of piperazine rings is 1. The highest BCUT2D eigenvalue weighted by Crippen LogP contribution is 2.33. The second-order valence-electron chi connectivity index (χ2n) is 9.06. The molecule has 0 bridgehead atoms. The zero-order valence-corrected chi connectivity index (χ0v) is 20.5. The van der Waals surface area contributed by atoms with Gasteiger partial charge in [-0.25, -0.2) is 4.98 Å². The molecule has 1 amide bonds. The summed E-state index contributed by atoms with van der Waals surface area (Å²) in [6.07, 6.45) is 0.451. The Labute approximate surface area is 200 Å². The van der Waals surface area contributed by atoms with Gasteiger partial charge >= 0.3 is 0 Å². The number of anilines is 1. The third-order valence-electron chi connectivity index (χ3n) is 6.21. The van der Waals surface area contributed by atoms with E-state index in [0.717, 1.165) is 27.5 Å². The highest BCUT2D eigenvalue weighted by atomic mass is 32.1. The number of hydrogen-bond acceptors (Lipinski definition) is 5. The Bertz CT molecular complexity index is 1160. The molecule has 0 N–H and O–H groups in total. The second kappa shape index (κ2) is 9.76. The standard InChI is InChI=1S/C27H30N4OS/c1-18(2)26-24(21-9-7-19(3)8-10-21)14-22(16-28)27(29-26)30-11-12-31(20(4)17-30)25(32)15-23-6-5-13-33-23/h5-10,13-14,18,20H,11-12,15,17H2,1-4H3/t20-/m1/s1. The van der Waals surface area contributed by atoms with Gasteiger partial charge in [-0.15, -0.1) is 11.3 Å². The summed E-state index contributed by atoms with van der Waals surface area (Å²) in [5, 5.41) is 12.0. The van der Waals surface area contributed by atoms with Crippen LogP contribution in [0.5, 0.6) is 0 Å². The molecule has 1 aromatic carbocycles. The Balaban J connectivity index is 1.60. The molecular weight excluding hydrogens is 428 g/mol. The molecule has 0 spiro atoms. The van der Waals surface area contributed by atoms with Crippen LogP contribution in [0.3, 0.4) is 0 Å². The molecule has 4 rings (SSSR count). The number of aromatic nitrogens is 1. The molecular formula is C27H30N4OS. The van der Waals surface area contributed by atoms with Crippen LogP contribution < -0.4 is 4.90 Å². The number of amides is 1. The van der Waals surface area contributed by atoms with Crippen molar-refractivity contribution in [2.75, 3.05) is 24.5 Å². The van der Waals surface area contributed by atoms with E-state index in [1.807, 2.05) is 28.5 Å². The molecule has 6 heteroatoms. The molecule has 1 fully saturated rings. The normalized spacial score (nSPS) is 16.2. The largest absolute Gasteiger partial charge is 0.352 e. The van der Waals surface area contributed by atoms with Gasteiger partial charge in [0.1, 0.15) is 11.9 Å². The molecule has 1 aliphatic rings. The number of aryl methyl sites for hydroxylation is 1. The van der Waals surface area contributed by atoms with Gasteiger partial charge in [-0.2, -0.15) is 5.26 Å². The van der Waals surface area contributed by atoms with Crippen LogP contribution in [0, 0.1) is 18.3 Å². The van der Waals surface area contributed by atoms with Gasteiger partial charge < -0.3 is 9.80 Å². The maximum Gasteiger partial charge on any atom is 0.228 e. The summed E-state index contributed by atoms with van der Waals surface area (Å²) in [6.45, 7) is 10.4. The van der Waals surface area contributed by atoms with Gasteiger partial charge in [0.25, 0.3) is 0 Å². The quantitative estimate of drug-likeness (QED) is 0.514. The van der Waals surface area contributed by atoms with Crippen molar-refractivity contribution in [2.24, 2.45) is 0 Å². The summed E-state index contributed by atoms with van der Waals surface area (Å²) in [6, 6.07) is 16.8. The van der Waals surface area contributed by atoms with Crippen LogP contribution >= 0.6 is 11.3 Å². The molecule has 0 aliphatic carbocycles. The minimum atomic E-state index is 0.0545. The number of thiophene rings is 1. The number of nitriles is 1. The first-order valence-electron chi connectivity index (χ1n) is 11.5. The lowest BCUT2D eigenvalue weighted by Crippen LogP contribution is -2.54. The fourth-order valence-electron chi connectivity index (χ4n) is 4.43. The molecule has 0 unspecified atom stereocenters. The minimum absolute atomic E-state index is 0.0545. The van der Waals surface area contributed by atoms with Gasteiger partial charge in [0, 0.05) is 36.1 Å². The summed E-state index contributed by atoms with van der Waals surface area (Å²) in [5.74, 6) is 1.11. The lowest BCUT2D eigenvalue weighted by Gasteiger charge is -2.41. The number of carbonyl (C=O) groups is 1. The average Bonchev–Trinajstić information content (AvgIpc) is 3.31. The van der Waals surface area contributed by atoms with Gasteiger partial charge in [0.15, 0.2) is 0 Å². The van der Waals surface area contributed by atoms with E-state index in [1.54, 1.807) is 11.3 Å².